The molecule has 19 heavy (non-hydrogen) atoms. The number of benzene rings is 1. The molecule has 0 aliphatic heterocycles. The number of carbonyl (C=O) groups excluding carboxylic acids is 1. The zero-order chi connectivity index (χ0) is 14.0. The fourth-order valence-corrected chi connectivity index (χ4v) is 1.87. The van der Waals surface area contributed by atoms with Gasteiger partial charge in [-0.25, -0.2) is 4.79 Å². The fraction of sp³-hybridized carbons (Fsp3) is 0.143. The Bertz CT molecular complexity index is 715. The van der Waals surface area contributed by atoms with E-state index in [1.807, 2.05) is 0 Å². The van der Waals surface area contributed by atoms with E-state index in [0.29, 0.717) is 10.9 Å². The molecule has 2 aromatic rings. The maximum absolute atomic E-state index is 12.1. The van der Waals surface area contributed by atoms with Crippen molar-refractivity contribution in [1.29, 1.82) is 0 Å². The van der Waals surface area contributed by atoms with Crippen molar-refractivity contribution in [3.63, 3.8) is 0 Å². The average Bonchev–Trinajstić information content (AvgIpc) is 2.43. The standard InChI is InChI=1S/C14H13NO4/c1-3-8-19-14(18)11-12(16)9-6-4-5-7-10(9)15(2)13(11)17/h3-7,16H,1,8H2,2H3. The quantitative estimate of drug-likeness (QED) is 0.671. The van der Waals surface area contributed by atoms with Gasteiger partial charge in [-0.05, 0) is 12.1 Å². The van der Waals surface area contributed by atoms with E-state index in [-0.39, 0.29) is 17.9 Å². The number of rotatable bonds is 3. The molecule has 0 saturated heterocycles. The maximum atomic E-state index is 12.1. The number of para-hydroxylation sites is 1. The summed E-state index contributed by atoms with van der Waals surface area (Å²) >= 11 is 0. The molecule has 5 nitrogen and oxygen atoms in total. The third-order valence-corrected chi connectivity index (χ3v) is 2.81. The molecule has 0 aliphatic rings. The minimum Gasteiger partial charge on any atom is -0.506 e. The first-order chi connectivity index (χ1) is 9.07. The van der Waals surface area contributed by atoms with Crippen molar-refractivity contribution < 1.29 is 14.6 Å². The Balaban J connectivity index is 2.71. The molecule has 0 amide bonds. The molecule has 0 fully saturated rings. The van der Waals surface area contributed by atoms with Crippen molar-refractivity contribution in [3.8, 4) is 5.75 Å². The molecule has 0 bridgehead atoms. The molecule has 2 rings (SSSR count). The molecular weight excluding hydrogens is 246 g/mol. The van der Waals surface area contributed by atoms with Gasteiger partial charge in [-0.1, -0.05) is 24.8 Å². The topological polar surface area (TPSA) is 68.5 Å². The predicted octanol–water partition coefficient (Wildman–Crippen LogP) is 1.59. The van der Waals surface area contributed by atoms with Gasteiger partial charge in [-0.2, -0.15) is 0 Å². The highest BCUT2D eigenvalue weighted by molar-refractivity contribution is 5.99. The second-order valence-electron chi connectivity index (χ2n) is 3.99. The Morgan fingerprint density at radius 2 is 2.16 bits per heavy atom. The third kappa shape index (κ3) is 2.10. The summed E-state index contributed by atoms with van der Waals surface area (Å²) in [7, 11) is 1.54. The van der Waals surface area contributed by atoms with Crippen LogP contribution in [0.3, 0.4) is 0 Å². The summed E-state index contributed by atoms with van der Waals surface area (Å²) in [6, 6.07) is 6.78. The zero-order valence-corrected chi connectivity index (χ0v) is 10.4. The van der Waals surface area contributed by atoms with Gasteiger partial charge in [0.15, 0.2) is 5.56 Å². The van der Waals surface area contributed by atoms with Gasteiger partial charge in [0.2, 0.25) is 0 Å². The Kier molecular flexibility index (Phi) is 3.37. The van der Waals surface area contributed by atoms with Crippen LogP contribution in [0.2, 0.25) is 0 Å². The van der Waals surface area contributed by atoms with Crippen LogP contribution in [0, 0.1) is 0 Å². The van der Waals surface area contributed by atoms with Gasteiger partial charge in [0.1, 0.15) is 12.4 Å². The molecule has 0 spiro atoms. The van der Waals surface area contributed by atoms with E-state index < -0.39 is 11.5 Å². The number of carbonyl (C=O) groups is 1. The van der Waals surface area contributed by atoms with Gasteiger partial charge in [0, 0.05) is 12.4 Å². The lowest BCUT2D eigenvalue weighted by Gasteiger charge is -2.10. The highest BCUT2D eigenvalue weighted by Gasteiger charge is 2.21. The summed E-state index contributed by atoms with van der Waals surface area (Å²) in [5.41, 5.74) is -0.404. The second-order valence-corrected chi connectivity index (χ2v) is 3.99. The van der Waals surface area contributed by atoms with Gasteiger partial charge < -0.3 is 14.4 Å². The minimum atomic E-state index is -0.858. The summed E-state index contributed by atoms with van der Waals surface area (Å²) in [5.74, 6) is -1.21. The Hall–Kier alpha value is -2.56. The van der Waals surface area contributed by atoms with E-state index in [4.69, 9.17) is 4.74 Å². The van der Waals surface area contributed by atoms with Crippen molar-refractivity contribution in [2.24, 2.45) is 7.05 Å². The first kappa shape index (κ1) is 12.9. The molecule has 0 aliphatic carbocycles. The molecule has 98 valence electrons. The maximum Gasteiger partial charge on any atom is 0.347 e. The number of ether oxygens (including phenoxy) is 1. The van der Waals surface area contributed by atoms with Crippen LogP contribution >= 0.6 is 0 Å². The third-order valence-electron chi connectivity index (χ3n) is 2.81. The summed E-state index contributed by atoms with van der Waals surface area (Å²) in [6.45, 7) is 3.40. The second kappa shape index (κ2) is 4.97. The monoisotopic (exact) mass is 259 g/mol. The predicted molar refractivity (Wildman–Crippen MR) is 71.3 cm³/mol. The lowest BCUT2D eigenvalue weighted by atomic mass is 10.1. The number of hydrogen-bond donors (Lipinski definition) is 1. The van der Waals surface area contributed by atoms with Gasteiger partial charge >= 0.3 is 5.97 Å². The van der Waals surface area contributed by atoms with Crippen molar-refractivity contribution in [2.45, 2.75) is 0 Å². The Morgan fingerprint density at radius 1 is 1.47 bits per heavy atom. The number of nitrogens with zero attached hydrogens (tertiary/aromatic N) is 1. The van der Waals surface area contributed by atoms with Crippen molar-refractivity contribution in [1.82, 2.24) is 4.57 Å². The molecule has 1 aromatic carbocycles. The van der Waals surface area contributed by atoms with Crippen LogP contribution in [0.15, 0.2) is 41.7 Å². The number of esters is 1. The smallest absolute Gasteiger partial charge is 0.347 e. The molecule has 0 saturated carbocycles. The normalized spacial score (nSPS) is 10.4. The first-order valence-corrected chi connectivity index (χ1v) is 5.66. The van der Waals surface area contributed by atoms with Gasteiger partial charge in [0.05, 0.1) is 5.52 Å². The lowest BCUT2D eigenvalue weighted by molar-refractivity contribution is 0.0544. The minimum absolute atomic E-state index is 0.0196. The number of aromatic nitrogens is 1. The summed E-state index contributed by atoms with van der Waals surface area (Å²) < 4.78 is 6.12. The van der Waals surface area contributed by atoms with Crippen LogP contribution in [-0.4, -0.2) is 22.2 Å². The average molecular weight is 259 g/mol. The number of aryl methyl sites for hydroxylation is 1. The van der Waals surface area contributed by atoms with Crippen LogP contribution in [0.5, 0.6) is 5.75 Å². The van der Waals surface area contributed by atoms with Crippen LogP contribution in [0.1, 0.15) is 10.4 Å². The number of aromatic hydroxyl groups is 1. The Morgan fingerprint density at radius 3 is 2.84 bits per heavy atom. The van der Waals surface area contributed by atoms with Crippen LogP contribution < -0.4 is 5.56 Å². The lowest BCUT2D eigenvalue weighted by Crippen LogP contribution is -2.26. The molecule has 0 atom stereocenters. The molecule has 1 heterocycles. The Labute approximate surface area is 109 Å². The first-order valence-electron chi connectivity index (χ1n) is 5.66. The highest BCUT2D eigenvalue weighted by atomic mass is 16.5. The molecular formula is C14H13NO4. The highest BCUT2D eigenvalue weighted by Crippen LogP contribution is 2.25. The van der Waals surface area contributed by atoms with E-state index in [9.17, 15) is 14.7 Å². The molecule has 0 unspecified atom stereocenters. The van der Waals surface area contributed by atoms with Crippen LogP contribution in [0.25, 0.3) is 10.9 Å². The van der Waals surface area contributed by atoms with Crippen molar-refractivity contribution >= 4 is 16.9 Å². The molecule has 5 heteroatoms. The van der Waals surface area contributed by atoms with E-state index in [1.54, 1.807) is 24.3 Å². The number of pyridine rings is 1. The zero-order valence-electron chi connectivity index (χ0n) is 10.4. The number of hydrogen-bond acceptors (Lipinski definition) is 4. The van der Waals surface area contributed by atoms with Gasteiger partial charge in [-0.3, -0.25) is 4.79 Å². The van der Waals surface area contributed by atoms with Crippen LogP contribution in [0.4, 0.5) is 0 Å². The molecule has 1 N–H and O–H groups in total. The summed E-state index contributed by atoms with van der Waals surface area (Å²) in [5, 5.41) is 10.5. The van der Waals surface area contributed by atoms with E-state index in [0.717, 1.165) is 0 Å². The fourth-order valence-electron chi connectivity index (χ4n) is 1.87. The van der Waals surface area contributed by atoms with Gasteiger partial charge in [0.25, 0.3) is 5.56 Å². The largest absolute Gasteiger partial charge is 0.506 e. The van der Waals surface area contributed by atoms with Crippen molar-refractivity contribution in [2.75, 3.05) is 6.61 Å². The number of fused-ring (bicyclic) bond motifs is 1. The SMILES string of the molecule is C=CCOC(=O)c1c(O)c2ccccc2n(C)c1=O. The molecule has 0 radical (unpaired) electrons. The van der Waals surface area contributed by atoms with Gasteiger partial charge in [-0.15, -0.1) is 0 Å². The van der Waals surface area contributed by atoms with Crippen molar-refractivity contribution in [3.05, 3.63) is 52.8 Å². The van der Waals surface area contributed by atoms with E-state index in [2.05, 4.69) is 6.58 Å². The van der Waals surface area contributed by atoms with E-state index >= 15 is 0 Å². The summed E-state index contributed by atoms with van der Waals surface area (Å²) in [6.07, 6.45) is 1.39. The van der Waals surface area contributed by atoms with E-state index in [1.165, 1.54) is 17.7 Å². The summed E-state index contributed by atoms with van der Waals surface area (Å²) in [4.78, 5) is 23.9. The molecule has 1 aromatic heterocycles. The van der Waals surface area contributed by atoms with Crippen LogP contribution in [-0.2, 0) is 11.8 Å².